The van der Waals surface area contributed by atoms with Crippen LogP contribution in [-0.2, 0) is 9.59 Å². The molecule has 1 amide bonds. The van der Waals surface area contributed by atoms with Crippen LogP contribution in [0.1, 0.15) is 19.3 Å². The summed E-state index contributed by atoms with van der Waals surface area (Å²) in [6, 6.07) is -0.383. The third-order valence-electron chi connectivity index (χ3n) is 3.07. The zero-order valence-corrected chi connectivity index (χ0v) is 9.83. The van der Waals surface area contributed by atoms with Crippen molar-refractivity contribution < 1.29 is 14.7 Å². The molecule has 2 heterocycles. The van der Waals surface area contributed by atoms with Gasteiger partial charge in [0, 0.05) is 18.2 Å². The number of carboxylic acid groups (broad SMARTS) is 1. The minimum Gasteiger partial charge on any atom is -0.480 e. The lowest BCUT2D eigenvalue weighted by Gasteiger charge is -2.22. The first-order chi connectivity index (χ1) is 7.68. The lowest BCUT2D eigenvalue weighted by Crippen LogP contribution is -2.43. The van der Waals surface area contributed by atoms with Gasteiger partial charge in [-0.15, -0.1) is 11.8 Å². The minimum absolute atomic E-state index is 0.0307. The quantitative estimate of drug-likeness (QED) is 0.737. The van der Waals surface area contributed by atoms with Crippen LogP contribution in [0.25, 0.3) is 0 Å². The van der Waals surface area contributed by atoms with Crippen molar-refractivity contribution in [1.82, 2.24) is 10.2 Å². The normalized spacial score (nSPS) is 29.6. The molecule has 2 aliphatic heterocycles. The predicted octanol–water partition coefficient (Wildman–Crippen LogP) is 0.115. The van der Waals surface area contributed by atoms with Gasteiger partial charge >= 0.3 is 5.97 Å². The van der Waals surface area contributed by atoms with E-state index in [-0.39, 0.29) is 11.9 Å². The molecule has 2 rings (SSSR count). The highest BCUT2D eigenvalue weighted by Gasteiger charge is 2.35. The topological polar surface area (TPSA) is 69.6 Å². The number of nitrogens with one attached hydrogen (secondary N) is 1. The Morgan fingerprint density at radius 2 is 2.31 bits per heavy atom. The van der Waals surface area contributed by atoms with E-state index in [1.54, 1.807) is 0 Å². The Morgan fingerprint density at radius 3 is 2.94 bits per heavy atom. The first-order valence-corrected chi connectivity index (χ1v) is 6.67. The number of rotatable bonds is 3. The van der Waals surface area contributed by atoms with Gasteiger partial charge in [0.2, 0.25) is 5.91 Å². The van der Waals surface area contributed by atoms with E-state index in [0.717, 1.165) is 19.4 Å². The molecule has 0 aromatic carbocycles. The van der Waals surface area contributed by atoms with Crippen LogP contribution in [0.15, 0.2) is 0 Å². The number of carboxylic acids is 1. The number of hydrogen-bond acceptors (Lipinski definition) is 4. The second kappa shape index (κ2) is 5.05. The van der Waals surface area contributed by atoms with Gasteiger partial charge in [-0.2, -0.15) is 0 Å². The second-order valence-electron chi connectivity index (χ2n) is 4.21. The molecule has 16 heavy (non-hydrogen) atoms. The predicted molar refractivity (Wildman–Crippen MR) is 61.2 cm³/mol. The molecule has 6 heteroatoms. The van der Waals surface area contributed by atoms with Gasteiger partial charge < -0.3 is 15.3 Å². The highest BCUT2D eigenvalue weighted by molar-refractivity contribution is 7.99. The summed E-state index contributed by atoms with van der Waals surface area (Å²) in [6.07, 6.45) is 2.56. The first-order valence-electron chi connectivity index (χ1n) is 5.52. The lowest BCUT2D eigenvalue weighted by atomic mass is 10.1. The van der Waals surface area contributed by atoms with E-state index in [1.165, 1.54) is 16.7 Å². The van der Waals surface area contributed by atoms with Gasteiger partial charge in [0.15, 0.2) is 0 Å². The molecule has 90 valence electrons. The molecule has 0 aromatic rings. The number of carbonyl (C=O) groups excluding carboxylic acids is 1. The number of hydrogen-bond donors (Lipinski definition) is 2. The molecule has 1 unspecified atom stereocenters. The summed E-state index contributed by atoms with van der Waals surface area (Å²) in [4.78, 5) is 24.3. The van der Waals surface area contributed by atoms with Crippen molar-refractivity contribution in [3.8, 4) is 0 Å². The maximum absolute atomic E-state index is 11.9. The zero-order valence-electron chi connectivity index (χ0n) is 9.02. The molecular formula is C10H16N2O3S. The molecule has 0 aromatic heterocycles. The molecule has 2 N–H and O–H groups in total. The van der Waals surface area contributed by atoms with E-state index in [4.69, 9.17) is 5.11 Å². The van der Waals surface area contributed by atoms with Crippen LogP contribution in [0.5, 0.6) is 0 Å². The van der Waals surface area contributed by atoms with Gasteiger partial charge in [-0.25, -0.2) is 4.79 Å². The molecule has 0 aliphatic carbocycles. The fourth-order valence-corrected chi connectivity index (χ4v) is 3.32. The van der Waals surface area contributed by atoms with E-state index in [1.807, 2.05) is 0 Å². The fraction of sp³-hybridized carbons (Fsp3) is 0.800. The summed E-state index contributed by atoms with van der Waals surface area (Å²) < 4.78 is 0. The van der Waals surface area contributed by atoms with Crippen molar-refractivity contribution >= 4 is 23.6 Å². The molecule has 0 radical (unpaired) electrons. The smallest absolute Gasteiger partial charge is 0.327 e. The van der Waals surface area contributed by atoms with Crippen molar-refractivity contribution in [3.05, 3.63) is 0 Å². The SMILES string of the molecule is O=C(O)[C@@H]1CSCN1C(=O)CC1CCCN1. The van der Waals surface area contributed by atoms with Gasteiger partial charge in [0.25, 0.3) is 0 Å². The maximum atomic E-state index is 11.9. The summed E-state index contributed by atoms with van der Waals surface area (Å²) in [5.74, 6) is 0.108. The highest BCUT2D eigenvalue weighted by atomic mass is 32.2. The Balaban J connectivity index is 1.90. The Morgan fingerprint density at radius 1 is 1.50 bits per heavy atom. The monoisotopic (exact) mass is 244 g/mol. The number of amides is 1. The number of nitrogens with zero attached hydrogens (tertiary/aromatic N) is 1. The third kappa shape index (κ3) is 2.49. The van der Waals surface area contributed by atoms with Crippen molar-refractivity contribution in [2.24, 2.45) is 0 Å². The standard InChI is InChI=1S/C10H16N2O3S/c13-9(4-7-2-1-3-11-7)12-6-16-5-8(12)10(14)15/h7-8,11H,1-6H2,(H,14,15)/t7?,8-/m0/s1. The summed E-state index contributed by atoms with van der Waals surface area (Å²) in [5, 5.41) is 12.2. The number of carbonyl (C=O) groups is 2. The van der Waals surface area contributed by atoms with Crippen molar-refractivity contribution in [1.29, 1.82) is 0 Å². The molecule has 2 fully saturated rings. The molecule has 2 atom stereocenters. The van der Waals surface area contributed by atoms with Crippen LogP contribution in [0.3, 0.4) is 0 Å². The lowest BCUT2D eigenvalue weighted by molar-refractivity contribution is -0.147. The Bertz CT molecular complexity index is 292. The van der Waals surface area contributed by atoms with Crippen LogP contribution in [0, 0.1) is 0 Å². The van der Waals surface area contributed by atoms with Crippen LogP contribution < -0.4 is 5.32 Å². The van der Waals surface area contributed by atoms with Gasteiger partial charge in [0.05, 0.1) is 5.88 Å². The number of aliphatic carboxylic acids is 1. The Labute approximate surface area is 98.6 Å². The third-order valence-corrected chi connectivity index (χ3v) is 4.08. The van der Waals surface area contributed by atoms with E-state index in [2.05, 4.69) is 5.32 Å². The summed E-state index contributed by atoms with van der Waals surface area (Å²) in [7, 11) is 0. The fourth-order valence-electron chi connectivity index (χ4n) is 2.15. The van der Waals surface area contributed by atoms with Crippen LogP contribution >= 0.6 is 11.8 Å². The largest absolute Gasteiger partial charge is 0.480 e. The molecular weight excluding hydrogens is 228 g/mol. The van der Waals surface area contributed by atoms with Crippen molar-refractivity contribution in [3.63, 3.8) is 0 Å². The highest BCUT2D eigenvalue weighted by Crippen LogP contribution is 2.23. The minimum atomic E-state index is -0.891. The molecule has 5 nitrogen and oxygen atoms in total. The maximum Gasteiger partial charge on any atom is 0.327 e. The van der Waals surface area contributed by atoms with Gasteiger partial charge in [0.1, 0.15) is 6.04 Å². The summed E-state index contributed by atoms with van der Waals surface area (Å²) in [6.45, 7) is 0.967. The van der Waals surface area contributed by atoms with Gasteiger partial charge in [-0.3, -0.25) is 4.79 Å². The van der Waals surface area contributed by atoms with Crippen LogP contribution in [0.2, 0.25) is 0 Å². The first kappa shape index (κ1) is 11.7. The zero-order chi connectivity index (χ0) is 11.5. The van der Waals surface area contributed by atoms with E-state index in [9.17, 15) is 9.59 Å². The van der Waals surface area contributed by atoms with E-state index >= 15 is 0 Å². The van der Waals surface area contributed by atoms with E-state index < -0.39 is 12.0 Å². The van der Waals surface area contributed by atoms with Crippen molar-refractivity contribution in [2.75, 3.05) is 18.2 Å². The average Bonchev–Trinajstić information content (AvgIpc) is 2.86. The Kier molecular flexibility index (Phi) is 3.70. The molecule has 0 saturated carbocycles. The molecule has 0 spiro atoms. The van der Waals surface area contributed by atoms with E-state index in [0.29, 0.717) is 18.1 Å². The average molecular weight is 244 g/mol. The molecule has 2 saturated heterocycles. The van der Waals surface area contributed by atoms with Crippen molar-refractivity contribution in [2.45, 2.75) is 31.3 Å². The number of thioether (sulfide) groups is 1. The second-order valence-corrected chi connectivity index (χ2v) is 5.21. The summed E-state index contributed by atoms with van der Waals surface area (Å²) in [5.41, 5.74) is 0. The molecule has 0 bridgehead atoms. The van der Waals surface area contributed by atoms with Crippen LogP contribution in [0.4, 0.5) is 0 Å². The van der Waals surface area contributed by atoms with Gasteiger partial charge in [-0.05, 0) is 19.4 Å². The van der Waals surface area contributed by atoms with Crippen LogP contribution in [-0.4, -0.2) is 52.1 Å². The summed E-state index contributed by atoms with van der Waals surface area (Å²) >= 11 is 1.51. The van der Waals surface area contributed by atoms with Gasteiger partial charge in [-0.1, -0.05) is 0 Å². The molecule has 2 aliphatic rings. The Hall–Kier alpha value is -0.750.